The van der Waals surface area contributed by atoms with Gasteiger partial charge in [-0.2, -0.15) is 5.10 Å². The second-order valence-electron chi connectivity index (χ2n) is 5.17. The Balaban J connectivity index is 1.80. The van der Waals surface area contributed by atoms with E-state index in [0.29, 0.717) is 10.6 Å². The summed E-state index contributed by atoms with van der Waals surface area (Å²) in [6.07, 6.45) is 1.74. The lowest BCUT2D eigenvalue weighted by molar-refractivity contribution is 0.580. The molecule has 0 spiro atoms. The number of hydrogen-bond acceptors (Lipinski definition) is 5. The van der Waals surface area contributed by atoms with Crippen LogP contribution in [0.5, 0.6) is 0 Å². The highest BCUT2D eigenvalue weighted by atomic mass is 32.2. The highest BCUT2D eigenvalue weighted by molar-refractivity contribution is 7.89. The molecule has 8 heteroatoms. The highest BCUT2D eigenvalue weighted by Gasteiger charge is 2.17. The molecule has 2 aromatic heterocycles. The van der Waals surface area contributed by atoms with Crippen LogP contribution in [-0.4, -0.2) is 23.0 Å². The zero-order valence-corrected chi connectivity index (χ0v) is 14.1. The second-order valence-corrected chi connectivity index (χ2v) is 8.07. The van der Waals surface area contributed by atoms with Gasteiger partial charge in [0.25, 0.3) is 0 Å². The van der Waals surface area contributed by atoms with Crippen molar-refractivity contribution in [3.63, 3.8) is 0 Å². The van der Waals surface area contributed by atoms with Crippen molar-refractivity contribution >= 4 is 26.3 Å². The van der Waals surface area contributed by atoms with Gasteiger partial charge in [0.2, 0.25) is 15.0 Å². The fourth-order valence-corrected chi connectivity index (χ4v) is 4.24. The van der Waals surface area contributed by atoms with E-state index in [1.165, 1.54) is 11.3 Å². The maximum atomic E-state index is 12.4. The third kappa shape index (κ3) is 2.90. The Morgan fingerprint density at radius 3 is 2.73 bits per heavy atom. The van der Waals surface area contributed by atoms with Gasteiger partial charge in [-0.3, -0.25) is 0 Å². The lowest BCUT2D eigenvalue weighted by atomic mass is 10.2. The molecular weight excluding hydrogens is 320 g/mol. The summed E-state index contributed by atoms with van der Waals surface area (Å²) in [7, 11) is -3.55. The van der Waals surface area contributed by atoms with Crippen LogP contribution in [0.2, 0.25) is 0 Å². The number of nitrogens with zero attached hydrogens (tertiary/aromatic N) is 3. The second kappa shape index (κ2) is 5.45. The van der Waals surface area contributed by atoms with Gasteiger partial charge in [0.15, 0.2) is 0 Å². The zero-order chi connectivity index (χ0) is 15.9. The largest absolute Gasteiger partial charge is 0.241 e. The van der Waals surface area contributed by atoms with Crippen LogP contribution in [-0.2, 0) is 16.6 Å². The predicted molar refractivity (Wildman–Crippen MR) is 85.5 cm³/mol. The molecule has 0 unspecified atom stereocenters. The van der Waals surface area contributed by atoms with E-state index in [2.05, 4.69) is 14.8 Å². The molecule has 0 aliphatic heterocycles. The molecule has 0 bridgehead atoms. The molecule has 1 N–H and O–H groups in total. The number of benzene rings is 1. The molecule has 116 valence electrons. The van der Waals surface area contributed by atoms with Crippen LogP contribution in [0.1, 0.15) is 21.8 Å². The van der Waals surface area contributed by atoms with Crippen LogP contribution < -0.4 is 4.72 Å². The van der Waals surface area contributed by atoms with Crippen molar-refractivity contribution in [3.8, 4) is 0 Å². The van der Waals surface area contributed by atoms with E-state index < -0.39 is 10.0 Å². The van der Waals surface area contributed by atoms with Gasteiger partial charge in [-0.25, -0.2) is 22.6 Å². The molecular formula is C14H16N4O2S2. The fourth-order valence-electron chi connectivity index (χ4n) is 2.28. The first-order valence-electron chi connectivity index (χ1n) is 6.74. The summed E-state index contributed by atoms with van der Waals surface area (Å²) in [5.41, 5.74) is 2.41. The van der Waals surface area contributed by atoms with Gasteiger partial charge in [-0.1, -0.05) is 29.0 Å². The van der Waals surface area contributed by atoms with Crippen molar-refractivity contribution in [1.82, 2.24) is 19.3 Å². The van der Waals surface area contributed by atoms with Gasteiger partial charge in [-0.05, 0) is 32.4 Å². The molecule has 0 saturated heterocycles. The molecule has 0 saturated carbocycles. The van der Waals surface area contributed by atoms with E-state index in [9.17, 15) is 8.42 Å². The average Bonchev–Trinajstić information content (AvgIpc) is 2.92. The van der Waals surface area contributed by atoms with E-state index in [-0.39, 0.29) is 6.54 Å². The van der Waals surface area contributed by atoms with Crippen molar-refractivity contribution in [2.45, 2.75) is 32.2 Å². The van der Waals surface area contributed by atoms with Gasteiger partial charge in [0, 0.05) is 0 Å². The molecule has 0 radical (unpaired) electrons. The molecule has 0 fully saturated rings. The minimum atomic E-state index is -3.55. The SMILES string of the molecule is Cc1ccc(S(=O)(=O)NCc2cn3nc(C)sc3n2)c(C)c1. The molecule has 0 aliphatic carbocycles. The molecule has 0 atom stereocenters. The summed E-state index contributed by atoms with van der Waals surface area (Å²) in [6, 6.07) is 5.28. The van der Waals surface area contributed by atoms with E-state index in [1.54, 1.807) is 29.8 Å². The number of imidazole rings is 1. The number of rotatable bonds is 4. The third-order valence-corrected chi connectivity index (χ3v) is 5.66. The standard InChI is InChI=1S/C14H16N4O2S2/c1-9-4-5-13(10(2)6-9)22(19,20)15-7-12-8-18-14(16-12)21-11(3)17-18/h4-6,8,15H,7H2,1-3H3. The molecule has 2 heterocycles. The summed E-state index contributed by atoms with van der Waals surface area (Å²) in [4.78, 5) is 5.42. The lowest BCUT2D eigenvalue weighted by Crippen LogP contribution is -2.24. The molecule has 0 aliphatic rings. The van der Waals surface area contributed by atoms with Crippen LogP contribution in [0, 0.1) is 20.8 Å². The van der Waals surface area contributed by atoms with Crippen molar-refractivity contribution in [2.24, 2.45) is 0 Å². The predicted octanol–water partition coefficient (Wildman–Crippen LogP) is 2.19. The maximum absolute atomic E-state index is 12.4. The average molecular weight is 336 g/mol. The summed E-state index contributed by atoms with van der Waals surface area (Å²) >= 11 is 1.47. The molecule has 3 aromatic rings. The Labute approximate surface area is 132 Å². The Bertz CT molecular complexity index is 910. The topological polar surface area (TPSA) is 76.4 Å². The van der Waals surface area contributed by atoms with Gasteiger partial charge < -0.3 is 0 Å². The quantitative estimate of drug-likeness (QED) is 0.792. The minimum Gasteiger partial charge on any atom is -0.221 e. The Hall–Kier alpha value is -1.77. The third-order valence-electron chi connectivity index (χ3n) is 3.26. The smallest absolute Gasteiger partial charge is 0.221 e. The van der Waals surface area contributed by atoms with Crippen molar-refractivity contribution in [1.29, 1.82) is 0 Å². The normalized spacial score (nSPS) is 12.1. The van der Waals surface area contributed by atoms with Gasteiger partial charge in [-0.15, -0.1) is 0 Å². The number of aromatic nitrogens is 3. The summed E-state index contributed by atoms with van der Waals surface area (Å²) in [6.45, 7) is 5.77. The first-order valence-corrected chi connectivity index (χ1v) is 9.04. The Kier molecular flexibility index (Phi) is 3.75. The Morgan fingerprint density at radius 1 is 1.27 bits per heavy atom. The van der Waals surface area contributed by atoms with E-state index >= 15 is 0 Å². The van der Waals surface area contributed by atoms with Crippen LogP contribution in [0.25, 0.3) is 4.96 Å². The minimum absolute atomic E-state index is 0.144. The number of hydrogen-bond donors (Lipinski definition) is 1. The van der Waals surface area contributed by atoms with Gasteiger partial charge >= 0.3 is 0 Å². The van der Waals surface area contributed by atoms with Crippen LogP contribution in [0.3, 0.4) is 0 Å². The Morgan fingerprint density at radius 2 is 2.05 bits per heavy atom. The highest BCUT2D eigenvalue weighted by Crippen LogP contribution is 2.17. The number of aryl methyl sites for hydroxylation is 3. The summed E-state index contributed by atoms with van der Waals surface area (Å²) < 4.78 is 29.0. The van der Waals surface area contributed by atoms with Crippen LogP contribution in [0.15, 0.2) is 29.3 Å². The molecule has 3 rings (SSSR count). The van der Waals surface area contributed by atoms with E-state index in [4.69, 9.17) is 0 Å². The molecule has 1 aromatic carbocycles. The summed E-state index contributed by atoms with van der Waals surface area (Å²) in [5, 5.41) is 5.18. The van der Waals surface area contributed by atoms with Crippen molar-refractivity contribution in [2.75, 3.05) is 0 Å². The fraction of sp³-hybridized carbons (Fsp3) is 0.286. The maximum Gasteiger partial charge on any atom is 0.241 e. The van der Waals surface area contributed by atoms with Crippen molar-refractivity contribution in [3.05, 3.63) is 46.2 Å². The first-order chi connectivity index (χ1) is 10.3. The van der Waals surface area contributed by atoms with E-state index in [1.807, 2.05) is 19.9 Å². The zero-order valence-electron chi connectivity index (χ0n) is 12.5. The molecule has 22 heavy (non-hydrogen) atoms. The number of fused-ring (bicyclic) bond motifs is 1. The van der Waals surface area contributed by atoms with Gasteiger partial charge in [0.05, 0.1) is 23.3 Å². The monoisotopic (exact) mass is 336 g/mol. The van der Waals surface area contributed by atoms with Crippen molar-refractivity contribution < 1.29 is 8.42 Å². The molecule has 0 amide bonds. The van der Waals surface area contributed by atoms with Gasteiger partial charge in [0.1, 0.15) is 5.01 Å². The molecule has 6 nitrogen and oxygen atoms in total. The van der Waals surface area contributed by atoms with E-state index in [0.717, 1.165) is 21.1 Å². The summed E-state index contributed by atoms with van der Waals surface area (Å²) in [5.74, 6) is 0. The van der Waals surface area contributed by atoms with Crippen LogP contribution in [0.4, 0.5) is 0 Å². The number of nitrogens with one attached hydrogen (secondary N) is 1. The first kappa shape index (κ1) is 15.1. The van der Waals surface area contributed by atoms with Crippen LogP contribution >= 0.6 is 11.3 Å². The number of sulfonamides is 1. The lowest BCUT2D eigenvalue weighted by Gasteiger charge is -2.09.